The highest BCUT2D eigenvalue weighted by atomic mass is 16.5. The molecule has 0 aliphatic rings. The molecule has 2 N–H and O–H groups in total. The first-order valence-electron chi connectivity index (χ1n) is 7.61. The van der Waals surface area contributed by atoms with Gasteiger partial charge < -0.3 is 19.9 Å². The zero-order valence-electron chi connectivity index (χ0n) is 12.9. The second-order valence-corrected chi connectivity index (χ2v) is 4.95. The van der Waals surface area contributed by atoms with E-state index in [1.54, 1.807) is 0 Å². The Labute approximate surface area is 131 Å². The summed E-state index contributed by atoms with van der Waals surface area (Å²) in [7, 11) is 0. The Bertz CT molecular complexity index is 555. The van der Waals surface area contributed by atoms with Gasteiger partial charge in [0.05, 0.1) is 13.2 Å². The topological polar surface area (TPSA) is 50.7 Å². The Kier molecular flexibility index (Phi) is 6.58. The van der Waals surface area contributed by atoms with Crippen molar-refractivity contribution in [2.75, 3.05) is 25.1 Å². The molecule has 0 saturated heterocycles. The lowest BCUT2D eigenvalue weighted by Gasteiger charge is -2.10. The second-order valence-electron chi connectivity index (χ2n) is 4.95. The van der Waals surface area contributed by atoms with Crippen molar-refractivity contribution in [3.63, 3.8) is 0 Å². The summed E-state index contributed by atoms with van der Waals surface area (Å²) in [6.07, 6.45) is 1.01. The number of ether oxygens (including phenoxy) is 2. The van der Waals surface area contributed by atoms with Gasteiger partial charge in [-0.05, 0) is 48.4 Å². The predicted octanol–water partition coefficient (Wildman–Crippen LogP) is 3.46. The maximum atomic E-state index is 8.72. The summed E-state index contributed by atoms with van der Waals surface area (Å²) < 4.78 is 11.0. The third-order valence-electron chi connectivity index (χ3n) is 3.08. The van der Waals surface area contributed by atoms with E-state index >= 15 is 0 Å². The Morgan fingerprint density at radius 2 is 1.73 bits per heavy atom. The molecule has 4 nitrogen and oxygen atoms in total. The smallest absolute Gasteiger partial charge is 0.119 e. The minimum Gasteiger partial charge on any atom is -0.494 e. The SMILES string of the molecule is CCCOc1cccc(CNc2ccc(OCCO)cc2)c1. The number of benzene rings is 2. The van der Waals surface area contributed by atoms with Crippen LogP contribution in [0.4, 0.5) is 5.69 Å². The Hall–Kier alpha value is -2.20. The zero-order valence-corrected chi connectivity index (χ0v) is 12.9. The molecule has 0 radical (unpaired) electrons. The largest absolute Gasteiger partial charge is 0.494 e. The van der Waals surface area contributed by atoms with Crippen LogP contribution >= 0.6 is 0 Å². The molecule has 0 aromatic heterocycles. The van der Waals surface area contributed by atoms with Gasteiger partial charge in [0.1, 0.15) is 18.1 Å². The molecular weight excluding hydrogens is 278 g/mol. The van der Waals surface area contributed by atoms with Gasteiger partial charge in [-0.15, -0.1) is 0 Å². The maximum absolute atomic E-state index is 8.72. The van der Waals surface area contributed by atoms with Crippen molar-refractivity contribution in [1.82, 2.24) is 0 Å². The molecule has 0 aliphatic heterocycles. The van der Waals surface area contributed by atoms with Crippen LogP contribution in [0.3, 0.4) is 0 Å². The molecule has 0 fully saturated rings. The fraction of sp³-hybridized carbons (Fsp3) is 0.333. The van der Waals surface area contributed by atoms with Crippen LogP contribution in [0.2, 0.25) is 0 Å². The molecule has 0 unspecified atom stereocenters. The fourth-order valence-corrected chi connectivity index (χ4v) is 2.00. The molecule has 0 heterocycles. The van der Waals surface area contributed by atoms with Gasteiger partial charge in [0, 0.05) is 12.2 Å². The Morgan fingerprint density at radius 3 is 2.45 bits per heavy atom. The van der Waals surface area contributed by atoms with Gasteiger partial charge in [-0.1, -0.05) is 19.1 Å². The van der Waals surface area contributed by atoms with Gasteiger partial charge in [-0.25, -0.2) is 0 Å². The summed E-state index contributed by atoms with van der Waals surface area (Å²) in [5.41, 5.74) is 2.20. The van der Waals surface area contributed by atoms with Gasteiger partial charge in [-0.2, -0.15) is 0 Å². The predicted molar refractivity (Wildman–Crippen MR) is 88.6 cm³/mol. The minimum atomic E-state index is 0.0243. The Balaban J connectivity index is 1.86. The van der Waals surface area contributed by atoms with Crippen molar-refractivity contribution in [3.8, 4) is 11.5 Å². The van der Waals surface area contributed by atoms with Crippen molar-refractivity contribution in [3.05, 3.63) is 54.1 Å². The van der Waals surface area contributed by atoms with Crippen molar-refractivity contribution in [1.29, 1.82) is 0 Å². The van der Waals surface area contributed by atoms with Crippen molar-refractivity contribution >= 4 is 5.69 Å². The lowest BCUT2D eigenvalue weighted by Crippen LogP contribution is -2.02. The van der Waals surface area contributed by atoms with E-state index in [-0.39, 0.29) is 6.61 Å². The number of hydrogen-bond acceptors (Lipinski definition) is 4. The van der Waals surface area contributed by atoms with Crippen molar-refractivity contribution in [2.45, 2.75) is 19.9 Å². The molecular formula is C18H23NO3. The summed E-state index contributed by atoms with van der Waals surface area (Å²) in [5, 5.41) is 12.1. The number of aliphatic hydroxyl groups is 1. The fourth-order valence-electron chi connectivity index (χ4n) is 2.00. The van der Waals surface area contributed by atoms with Crippen LogP contribution in [0.1, 0.15) is 18.9 Å². The van der Waals surface area contributed by atoms with Gasteiger partial charge >= 0.3 is 0 Å². The van der Waals surface area contributed by atoms with E-state index in [1.807, 2.05) is 36.4 Å². The van der Waals surface area contributed by atoms with E-state index in [9.17, 15) is 0 Å². The van der Waals surface area contributed by atoms with Gasteiger partial charge in [0.15, 0.2) is 0 Å². The second kappa shape index (κ2) is 8.95. The average molecular weight is 301 g/mol. The first-order chi connectivity index (χ1) is 10.8. The van der Waals surface area contributed by atoms with Crippen molar-refractivity contribution < 1.29 is 14.6 Å². The van der Waals surface area contributed by atoms with Crippen LogP contribution in [-0.4, -0.2) is 24.9 Å². The summed E-state index contributed by atoms with van der Waals surface area (Å²) >= 11 is 0. The van der Waals surface area contributed by atoms with Crippen LogP contribution in [0.5, 0.6) is 11.5 Å². The maximum Gasteiger partial charge on any atom is 0.119 e. The van der Waals surface area contributed by atoms with Crippen LogP contribution in [0.15, 0.2) is 48.5 Å². The third kappa shape index (κ3) is 5.30. The van der Waals surface area contributed by atoms with Gasteiger partial charge in [0.25, 0.3) is 0 Å². The standard InChI is InChI=1S/C18H23NO3/c1-2-11-21-18-5-3-4-15(13-18)14-19-16-6-8-17(9-7-16)22-12-10-20/h3-9,13,19-20H,2,10-12,14H2,1H3. The van der Waals surface area contributed by atoms with E-state index in [0.29, 0.717) is 6.61 Å². The molecule has 118 valence electrons. The molecule has 0 amide bonds. The molecule has 22 heavy (non-hydrogen) atoms. The minimum absolute atomic E-state index is 0.0243. The molecule has 0 saturated carbocycles. The normalized spacial score (nSPS) is 10.3. The molecule has 4 heteroatoms. The molecule has 2 rings (SSSR count). The van der Waals surface area contributed by atoms with E-state index in [2.05, 4.69) is 24.4 Å². The highest BCUT2D eigenvalue weighted by Crippen LogP contribution is 2.18. The summed E-state index contributed by atoms with van der Waals surface area (Å²) in [5.74, 6) is 1.67. The monoisotopic (exact) mass is 301 g/mol. The highest BCUT2D eigenvalue weighted by Gasteiger charge is 1.99. The number of hydrogen-bond donors (Lipinski definition) is 2. The summed E-state index contributed by atoms with van der Waals surface area (Å²) in [6, 6.07) is 15.8. The summed E-state index contributed by atoms with van der Waals surface area (Å²) in [4.78, 5) is 0. The quantitative estimate of drug-likeness (QED) is 0.745. The van der Waals surface area contributed by atoms with E-state index in [0.717, 1.165) is 36.8 Å². The first-order valence-corrected chi connectivity index (χ1v) is 7.61. The number of aliphatic hydroxyl groups excluding tert-OH is 1. The molecule has 0 spiro atoms. The van der Waals surface area contributed by atoms with Crippen molar-refractivity contribution in [2.24, 2.45) is 0 Å². The number of anilines is 1. The van der Waals surface area contributed by atoms with E-state index in [1.165, 1.54) is 5.56 Å². The number of rotatable bonds is 9. The van der Waals surface area contributed by atoms with Crippen LogP contribution in [-0.2, 0) is 6.54 Å². The van der Waals surface area contributed by atoms with Crippen LogP contribution < -0.4 is 14.8 Å². The average Bonchev–Trinajstić information content (AvgIpc) is 2.57. The molecule has 0 atom stereocenters. The first kappa shape index (κ1) is 16.2. The molecule has 2 aromatic rings. The summed E-state index contributed by atoms with van der Waals surface area (Å²) in [6.45, 7) is 3.92. The zero-order chi connectivity index (χ0) is 15.6. The lowest BCUT2D eigenvalue weighted by molar-refractivity contribution is 0.201. The van der Waals surface area contributed by atoms with Gasteiger partial charge in [0.2, 0.25) is 0 Å². The van der Waals surface area contributed by atoms with Crippen LogP contribution in [0, 0.1) is 0 Å². The third-order valence-corrected chi connectivity index (χ3v) is 3.08. The van der Waals surface area contributed by atoms with E-state index in [4.69, 9.17) is 14.6 Å². The number of nitrogens with one attached hydrogen (secondary N) is 1. The van der Waals surface area contributed by atoms with E-state index < -0.39 is 0 Å². The van der Waals surface area contributed by atoms with Gasteiger partial charge in [-0.3, -0.25) is 0 Å². The highest BCUT2D eigenvalue weighted by molar-refractivity contribution is 5.47. The Morgan fingerprint density at radius 1 is 0.955 bits per heavy atom. The molecule has 2 aromatic carbocycles. The lowest BCUT2D eigenvalue weighted by atomic mass is 10.2. The van der Waals surface area contributed by atoms with Crippen LogP contribution in [0.25, 0.3) is 0 Å². The molecule has 0 bridgehead atoms. The molecule has 0 aliphatic carbocycles.